The minimum atomic E-state index is -0.350. The fourth-order valence-corrected chi connectivity index (χ4v) is 3.11. The van der Waals surface area contributed by atoms with Gasteiger partial charge in [-0.3, -0.25) is 0 Å². The molecule has 0 spiro atoms. The number of hydrogen-bond donors (Lipinski definition) is 2. The fraction of sp³-hybridized carbons (Fsp3) is 0.190. The first-order valence-electron chi connectivity index (χ1n) is 9.69. The first-order valence-corrected chi connectivity index (χ1v) is 9.69. The molecule has 0 amide bonds. The van der Waals surface area contributed by atoms with E-state index in [0.29, 0.717) is 48.0 Å². The minimum Gasteiger partial charge on any atom is -0.382 e. The number of anilines is 2. The SMILES string of the molecule is Cc1ccn(-c2ccc(NCCCc3nn(-c4ccc(F)cc4)c(N)c3C#N)nn2)n1. The van der Waals surface area contributed by atoms with Gasteiger partial charge in [0.1, 0.15) is 29.1 Å². The Morgan fingerprint density at radius 3 is 2.55 bits per heavy atom. The van der Waals surface area contributed by atoms with Gasteiger partial charge in [-0.2, -0.15) is 15.5 Å². The average molecular weight is 417 g/mol. The van der Waals surface area contributed by atoms with Crippen LogP contribution in [0.2, 0.25) is 0 Å². The van der Waals surface area contributed by atoms with E-state index >= 15 is 0 Å². The maximum Gasteiger partial charge on any atom is 0.175 e. The maximum atomic E-state index is 13.2. The quantitative estimate of drug-likeness (QED) is 0.443. The zero-order valence-electron chi connectivity index (χ0n) is 16.8. The molecule has 10 heteroatoms. The van der Waals surface area contributed by atoms with Gasteiger partial charge in [0.25, 0.3) is 0 Å². The number of rotatable bonds is 7. The second-order valence-electron chi connectivity index (χ2n) is 6.92. The lowest BCUT2D eigenvalue weighted by molar-refractivity contribution is 0.627. The molecule has 0 aliphatic rings. The van der Waals surface area contributed by atoms with Crippen molar-refractivity contribution in [1.82, 2.24) is 29.8 Å². The van der Waals surface area contributed by atoms with Gasteiger partial charge in [0, 0.05) is 12.7 Å². The van der Waals surface area contributed by atoms with Crippen LogP contribution in [-0.2, 0) is 6.42 Å². The van der Waals surface area contributed by atoms with E-state index in [9.17, 15) is 9.65 Å². The number of hydrogen-bond acceptors (Lipinski definition) is 7. The van der Waals surface area contributed by atoms with Crippen molar-refractivity contribution in [3.8, 4) is 17.6 Å². The van der Waals surface area contributed by atoms with Gasteiger partial charge in [0.15, 0.2) is 5.82 Å². The fourth-order valence-electron chi connectivity index (χ4n) is 3.11. The van der Waals surface area contributed by atoms with Gasteiger partial charge in [-0.1, -0.05) is 0 Å². The van der Waals surface area contributed by atoms with Crippen LogP contribution in [0.4, 0.5) is 16.0 Å². The lowest BCUT2D eigenvalue weighted by Crippen LogP contribution is -2.07. The molecule has 0 atom stereocenters. The van der Waals surface area contributed by atoms with E-state index in [2.05, 4.69) is 31.8 Å². The highest BCUT2D eigenvalue weighted by Crippen LogP contribution is 2.22. The van der Waals surface area contributed by atoms with Crippen molar-refractivity contribution in [2.75, 3.05) is 17.6 Å². The Bertz CT molecular complexity index is 1220. The highest BCUT2D eigenvalue weighted by Gasteiger charge is 2.16. The van der Waals surface area contributed by atoms with Crippen LogP contribution in [0.1, 0.15) is 23.4 Å². The number of nitrogen functional groups attached to an aromatic ring is 1. The smallest absolute Gasteiger partial charge is 0.175 e. The molecule has 31 heavy (non-hydrogen) atoms. The van der Waals surface area contributed by atoms with E-state index in [0.717, 1.165) is 5.69 Å². The lowest BCUT2D eigenvalue weighted by atomic mass is 10.1. The number of nitriles is 1. The van der Waals surface area contributed by atoms with Gasteiger partial charge in [-0.15, -0.1) is 10.2 Å². The van der Waals surface area contributed by atoms with Crippen LogP contribution in [0.5, 0.6) is 0 Å². The molecule has 0 aliphatic carbocycles. The summed E-state index contributed by atoms with van der Waals surface area (Å²) >= 11 is 0. The molecule has 0 bridgehead atoms. The van der Waals surface area contributed by atoms with E-state index in [4.69, 9.17) is 5.73 Å². The normalized spacial score (nSPS) is 10.7. The molecule has 1 aromatic carbocycles. The summed E-state index contributed by atoms with van der Waals surface area (Å²) in [5, 5.41) is 29.8. The zero-order valence-corrected chi connectivity index (χ0v) is 16.8. The molecule has 4 rings (SSSR count). The molecule has 4 aromatic rings. The van der Waals surface area contributed by atoms with Crippen LogP contribution < -0.4 is 11.1 Å². The molecule has 0 unspecified atom stereocenters. The summed E-state index contributed by atoms with van der Waals surface area (Å²) in [5.74, 6) is 1.17. The number of halogens is 1. The standard InChI is InChI=1S/C21H20FN9/c1-14-10-12-30(28-14)20-9-8-19(26-27-20)25-11-2-3-18-17(13-23)21(24)31(29-18)16-6-4-15(22)5-7-16/h4-10,12H,2-3,11,24H2,1H3,(H,25,26). The molecular weight excluding hydrogens is 397 g/mol. The van der Waals surface area contributed by atoms with Crippen LogP contribution in [0, 0.1) is 24.1 Å². The second-order valence-corrected chi connectivity index (χ2v) is 6.92. The number of benzene rings is 1. The number of nitrogens with one attached hydrogen (secondary N) is 1. The predicted molar refractivity (Wildman–Crippen MR) is 113 cm³/mol. The van der Waals surface area contributed by atoms with Crippen molar-refractivity contribution in [3.05, 3.63) is 71.4 Å². The zero-order chi connectivity index (χ0) is 21.8. The molecule has 156 valence electrons. The first kappa shape index (κ1) is 20.0. The van der Waals surface area contributed by atoms with Gasteiger partial charge in [-0.25, -0.2) is 13.8 Å². The Labute approximate surface area is 177 Å². The summed E-state index contributed by atoms with van der Waals surface area (Å²) in [5.41, 5.74) is 8.53. The maximum absolute atomic E-state index is 13.2. The van der Waals surface area contributed by atoms with Crippen molar-refractivity contribution in [3.63, 3.8) is 0 Å². The molecule has 0 radical (unpaired) electrons. The molecule has 0 saturated heterocycles. The first-order chi connectivity index (χ1) is 15.0. The van der Waals surface area contributed by atoms with Crippen molar-refractivity contribution in [2.24, 2.45) is 0 Å². The molecule has 9 nitrogen and oxygen atoms in total. The minimum absolute atomic E-state index is 0.243. The molecule has 0 aliphatic heterocycles. The van der Waals surface area contributed by atoms with Crippen LogP contribution in [0.25, 0.3) is 11.5 Å². The molecule has 3 N–H and O–H groups in total. The summed E-state index contributed by atoms with van der Waals surface area (Å²) in [6.45, 7) is 2.52. The summed E-state index contributed by atoms with van der Waals surface area (Å²) < 4.78 is 16.3. The highest BCUT2D eigenvalue weighted by atomic mass is 19.1. The summed E-state index contributed by atoms with van der Waals surface area (Å²) in [6.07, 6.45) is 3.08. The van der Waals surface area contributed by atoms with Crippen LogP contribution in [-0.4, -0.2) is 36.3 Å². The Balaban J connectivity index is 1.37. The topological polar surface area (TPSA) is 123 Å². The Kier molecular flexibility index (Phi) is 5.57. The van der Waals surface area contributed by atoms with Crippen molar-refractivity contribution >= 4 is 11.6 Å². The Morgan fingerprint density at radius 1 is 1.10 bits per heavy atom. The van der Waals surface area contributed by atoms with E-state index in [1.165, 1.54) is 16.8 Å². The second kappa shape index (κ2) is 8.62. The van der Waals surface area contributed by atoms with Gasteiger partial charge in [-0.05, 0) is 62.2 Å². The summed E-state index contributed by atoms with van der Waals surface area (Å²) in [6, 6.07) is 13.5. The molecule has 0 saturated carbocycles. The third-order valence-corrected chi connectivity index (χ3v) is 4.68. The number of nitrogens with zero attached hydrogens (tertiary/aromatic N) is 7. The Hall–Kier alpha value is -4.26. The third kappa shape index (κ3) is 4.35. The molecule has 0 fully saturated rings. The number of nitrogens with two attached hydrogens (primary N) is 1. The molecular formula is C21H20FN9. The third-order valence-electron chi connectivity index (χ3n) is 4.68. The molecule has 3 aromatic heterocycles. The van der Waals surface area contributed by atoms with E-state index in [-0.39, 0.29) is 11.6 Å². The highest BCUT2D eigenvalue weighted by molar-refractivity contribution is 5.56. The summed E-state index contributed by atoms with van der Waals surface area (Å²) in [4.78, 5) is 0. The van der Waals surface area contributed by atoms with Gasteiger partial charge in [0.05, 0.1) is 17.1 Å². The monoisotopic (exact) mass is 417 g/mol. The summed E-state index contributed by atoms with van der Waals surface area (Å²) in [7, 11) is 0. The van der Waals surface area contributed by atoms with Gasteiger partial charge >= 0.3 is 0 Å². The van der Waals surface area contributed by atoms with Crippen molar-refractivity contribution in [2.45, 2.75) is 19.8 Å². The lowest BCUT2D eigenvalue weighted by Gasteiger charge is -2.05. The van der Waals surface area contributed by atoms with Gasteiger partial charge < -0.3 is 11.1 Å². The number of aromatic nitrogens is 6. The van der Waals surface area contributed by atoms with Crippen LogP contribution >= 0.6 is 0 Å². The van der Waals surface area contributed by atoms with Crippen molar-refractivity contribution in [1.29, 1.82) is 5.26 Å². The van der Waals surface area contributed by atoms with Crippen LogP contribution in [0.15, 0.2) is 48.7 Å². The van der Waals surface area contributed by atoms with E-state index in [1.54, 1.807) is 16.8 Å². The predicted octanol–water partition coefficient (Wildman–Crippen LogP) is 2.79. The Morgan fingerprint density at radius 2 is 1.90 bits per heavy atom. The van der Waals surface area contributed by atoms with Crippen LogP contribution in [0.3, 0.4) is 0 Å². The van der Waals surface area contributed by atoms with Gasteiger partial charge in [0.2, 0.25) is 0 Å². The average Bonchev–Trinajstić information content (AvgIpc) is 3.35. The number of aryl methyl sites for hydroxylation is 2. The largest absolute Gasteiger partial charge is 0.382 e. The van der Waals surface area contributed by atoms with E-state index in [1.807, 2.05) is 31.3 Å². The van der Waals surface area contributed by atoms with Crippen molar-refractivity contribution < 1.29 is 4.39 Å². The molecule has 3 heterocycles. The van der Waals surface area contributed by atoms with E-state index < -0.39 is 0 Å².